The molecular weight excluding hydrogens is 444 g/mol. The second-order valence-corrected chi connectivity index (χ2v) is 8.65. The van der Waals surface area contributed by atoms with E-state index in [-0.39, 0.29) is 5.91 Å². The van der Waals surface area contributed by atoms with Crippen molar-refractivity contribution in [3.05, 3.63) is 114 Å². The van der Waals surface area contributed by atoms with Gasteiger partial charge in [0.25, 0.3) is 5.91 Å². The predicted molar refractivity (Wildman–Crippen MR) is 134 cm³/mol. The molecule has 0 radical (unpaired) electrons. The van der Waals surface area contributed by atoms with E-state index in [4.69, 9.17) is 4.42 Å². The van der Waals surface area contributed by atoms with Gasteiger partial charge in [0, 0.05) is 22.7 Å². The lowest BCUT2D eigenvalue weighted by atomic mass is 10.1. The minimum absolute atomic E-state index is 0.125. The molecule has 1 N–H and O–H groups in total. The average Bonchev–Trinajstić information content (AvgIpc) is 3.55. The maximum atomic E-state index is 12.6. The van der Waals surface area contributed by atoms with Crippen LogP contribution >= 0.6 is 11.8 Å². The summed E-state index contributed by atoms with van der Waals surface area (Å²) in [7, 11) is 0. The first-order chi connectivity index (χ1) is 16.7. The molecule has 0 aliphatic rings. The van der Waals surface area contributed by atoms with Crippen LogP contribution in [0.1, 0.15) is 21.5 Å². The van der Waals surface area contributed by atoms with Gasteiger partial charge >= 0.3 is 0 Å². The van der Waals surface area contributed by atoms with Gasteiger partial charge in [-0.15, -0.1) is 10.2 Å². The van der Waals surface area contributed by atoms with Gasteiger partial charge in [-0.05, 0) is 60.5 Å². The van der Waals surface area contributed by atoms with Gasteiger partial charge in [-0.3, -0.25) is 9.36 Å². The van der Waals surface area contributed by atoms with Gasteiger partial charge in [-0.1, -0.05) is 60.3 Å². The van der Waals surface area contributed by atoms with E-state index in [1.54, 1.807) is 18.0 Å². The van der Waals surface area contributed by atoms with E-state index in [0.717, 1.165) is 27.7 Å². The van der Waals surface area contributed by atoms with Crippen LogP contribution in [0.3, 0.4) is 0 Å². The fourth-order valence-corrected chi connectivity index (χ4v) is 4.45. The Morgan fingerprint density at radius 1 is 0.912 bits per heavy atom. The number of anilines is 1. The summed E-state index contributed by atoms with van der Waals surface area (Å²) in [4.78, 5) is 12.6. The number of aryl methyl sites for hydroxylation is 1. The minimum Gasteiger partial charge on any atom is -0.461 e. The zero-order valence-electron chi connectivity index (χ0n) is 18.5. The molecule has 34 heavy (non-hydrogen) atoms. The van der Waals surface area contributed by atoms with Gasteiger partial charge < -0.3 is 9.73 Å². The van der Waals surface area contributed by atoms with E-state index in [9.17, 15) is 4.79 Å². The van der Waals surface area contributed by atoms with E-state index in [1.165, 1.54) is 0 Å². The Kier molecular flexibility index (Phi) is 6.27. The standard InChI is InChI=1S/C27H22N4O2S/c1-19-8-5-6-11-23(19)28-26(32)21-15-13-20(14-16-21)18-34-27-30-29-25(24-12-7-17-33-24)31(27)22-9-3-2-4-10-22/h2-17H,18H2,1H3,(H,28,32). The van der Waals surface area contributed by atoms with Crippen molar-refractivity contribution < 1.29 is 9.21 Å². The summed E-state index contributed by atoms with van der Waals surface area (Å²) < 4.78 is 7.57. The smallest absolute Gasteiger partial charge is 0.255 e. The summed E-state index contributed by atoms with van der Waals surface area (Å²) in [5.74, 6) is 1.87. The average molecular weight is 467 g/mol. The lowest BCUT2D eigenvalue weighted by Gasteiger charge is -2.10. The lowest BCUT2D eigenvalue weighted by Crippen LogP contribution is -2.12. The Bertz CT molecular complexity index is 1390. The molecule has 0 aliphatic heterocycles. The van der Waals surface area contributed by atoms with Crippen LogP contribution in [0.25, 0.3) is 17.3 Å². The van der Waals surface area contributed by atoms with Crippen molar-refractivity contribution in [3.8, 4) is 17.3 Å². The molecule has 0 atom stereocenters. The minimum atomic E-state index is -0.125. The number of nitrogens with one attached hydrogen (secondary N) is 1. The quantitative estimate of drug-likeness (QED) is 0.282. The molecule has 0 unspecified atom stereocenters. The van der Waals surface area contributed by atoms with Crippen molar-refractivity contribution in [1.82, 2.24) is 14.8 Å². The third-order valence-electron chi connectivity index (χ3n) is 5.37. The summed E-state index contributed by atoms with van der Waals surface area (Å²) in [5.41, 5.74) is 4.51. The molecule has 0 bridgehead atoms. The van der Waals surface area contributed by atoms with Gasteiger partial charge in [0.05, 0.1) is 6.26 Å². The molecule has 0 saturated heterocycles. The lowest BCUT2D eigenvalue weighted by molar-refractivity contribution is 0.102. The number of nitrogens with zero attached hydrogens (tertiary/aromatic N) is 3. The highest BCUT2D eigenvalue weighted by Gasteiger charge is 2.18. The maximum absolute atomic E-state index is 12.6. The second kappa shape index (κ2) is 9.80. The molecule has 5 aromatic rings. The fraction of sp³-hybridized carbons (Fsp3) is 0.0741. The molecule has 1 amide bonds. The van der Waals surface area contributed by atoms with E-state index < -0.39 is 0 Å². The van der Waals surface area contributed by atoms with Gasteiger partial charge in [0.15, 0.2) is 10.9 Å². The number of hydrogen-bond donors (Lipinski definition) is 1. The van der Waals surface area contributed by atoms with Crippen LogP contribution in [-0.2, 0) is 5.75 Å². The number of hydrogen-bond acceptors (Lipinski definition) is 5. The number of benzene rings is 3. The van der Waals surface area contributed by atoms with Crippen LogP contribution in [0.4, 0.5) is 5.69 Å². The van der Waals surface area contributed by atoms with Crippen LogP contribution in [0, 0.1) is 6.92 Å². The molecule has 0 saturated carbocycles. The third-order valence-corrected chi connectivity index (χ3v) is 6.37. The third kappa shape index (κ3) is 4.65. The van der Waals surface area contributed by atoms with Crippen molar-refractivity contribution in [2.24, 2.45) is 0 Å². The van der Waals surface area contributed by atoms with Gasteiger partial charge in [0.1, 0.15) is 0 Å². The van der Waals surface area contributed by atoms with Crippen molar-refractivity contribution in [2.75, 3.05) is 5.32 Å². The molecule has 2 aromatic heterocycles. The fourth-order valence-electron chi connectivity index (χ4n) is 3.55. The number of carbonyl (C=O) groups is 1. The number of thioether (sulfide) groups is 1. The van der Waals surface area contributed by atoms with E-state index >= 15 is 0 Å². The van der Waals surface area contributed by atoms with E-state index in [1.807, 2.05) is 102 Å². The van der Waals surface area contributed by atoms with Crippen LogP contribution < -0.4 is 5.32 Å². The number of aromatic nitrogens is 3. The highest BCUT2D eigenvalue weighted by molar-refractivity contribution is 7.98. The first kappa shape index (κ1) is 21.7. The maximum Gasteiger partial charge on any atom is 0.255 e. The molecule has 7 heteroatoms. The molecule has 0 fully saturated rings. The molecule has 6 nitrogen and oxygen atoms in total. The van der Waals surface area contributed by atoms with Crippen molar-refractivity contribution in [1.29, 1.82) is 0 Å². The Hall–Kier alpha value is -4.10. The van der Waals surface area contributed by atoms with Crippen LogP contribution in [0.5, 0.6) is 0 Å². The summed E-state index contributed by atoms with van der Waals surface area (Å²) in [6.45, 7) is 1.97. The summed E-state index contributed by atoms with van der Waals surface area (Å²) in [5, 5.41) is 12.5. The first-order valence-electron chi connectivity index (χ1n) is 10.8. The molecule has 0 spiro atoms. The van der Waals surface area contributed by atoms with Crippen molar-refractivity contribution >= 4 is 23.4 Å². The molecule has 0 aliphatic carbocycles. The van der Waals surface area contributed by atoms with Crippen LogP contribution in [0.2, 0.25) is 0 Å². The van der Waals surface area contributed by atoms with Crippen LogP contribution in [0.15, 0.2) is 107 Å². The number of amides is 1. The van der Waals surface area contributed by atoms with E-state index in [2.05, 4.69) is 15.5 Å². The normalized spacial score (nSPS) is 10.9. The Balaban J connectivity index is 1.32. The van der Waals surface area contributed by atoms with Crippen molar-refractivity contribution in [3.63, 3.8) is 0 Å². The predicted octanol–water partition coefficient (Wildman–Crippen LogP) is 6.38. The zero-order chi connectivity index (χ0) is 23.3. The topological polar surface area (TPSA) is 73.0 Å². The summed E-state index contributed by atoms with van der Waals surface area (Å²) in [6.07, 6.45) is 1.63. The summed E-state index contributed by atoms with van der Waals surface area (Å²) in [6, 6.07) is 29.1. The Morgan fingerprint density at radius 3 is 2.41 bits per heavy atom. The molecule has 5 rings (SSSR count). The number of para-hydroxylation sites is 2. The molecule has 168 valence electrons. The Labute approximate surface area is 201 Å². The first-order valence-corrected chi connectivity index (χ1v) is 11.8. The van der Waals surface area contributed by atoms with Gasteiger partial charge in [0.2, 0.25) is 5.82 Å². The largest absolute Gasteiger partial charge is 0.461 e. The van der Waals surface area contributed by atoms with Gasteiger partial charge in [-0.25, -0.2) is 0 Å². The van der Waals surface area contributed by atoms with Crippen molar-refractivity contribution in [2.45, 2.75) is 17.8 Å². The second-order valence-electron chi connectivity index (χ2n) is 7.71. The summed E-state index contributed by atoms with van der Waals surface area (Å²) >= 11 is 1.58. The van der Waals surface area contributed by atoms with Gasteiger partial charge in [-0.2, -0.15) is 0 Å². The molecular formula is C27H22N4O2S. The van der Waals surface area contributed by atoms with Crippen LogP contribution in [-0.4, -0.2) is 20.7 Å². The highest BCUT2D eigenvalue weighted by atomic mass is 32.2. The SMILES string of the molecule is Cc1ccccc1NC(=O)c1ccc(CSc2nnc(-c3ccco3)n2-c2ccccc2)cc1. The van der Waals surface area contributed by atoms with E-state index in [0.29, 0.717) is 22.9 Å². The Morgan fingerprint density at radius 2 is 1.68 bits per heavy atom. The highest BCUT2D eigenvalue weighted by Crippen LogP contribution is 2.30. The monoisotopic (exact) mass is 466 g/mol. The molecule has 2 heterocycles. The number of furan rings is 1. The number of carbonyl (C=O) groups excluding carboxylic acids is 1. The molecule has 3 aromatic carbocycles. The zero-order valence-corrected chi connectivity index (χ0v) is 19.3. The number of rotatable bonds is 7.